The van der Waals surface area contributed by atoms with Gasteiger partial charge in [-0.05, 0) is 18.5 Å². The summed E-state index contributed by atoms with van der Waals surface area (Å²) < 4.78 is 8.47. The van der Waals surface area contributed by atoms with Gasteiger partial charge in [0.05, 0.1) is 0 Å². The molecule has 11 heavy (non-hydrogen) atoms. The van der Waals surface area contributed by atoms with Crippen LogP contribution in [0.1, 0.15) is 17.4 Å². The second kappa shape index (κ2) is 4.15. The molecule has 0 saturated heterocycles. The van der Waals surface area contributed by atoms with Crippen molar-refractivity contribution in [2.75, 3.05) is 13.2 Å². The molecule has 0 aliphatic rings. The van der Waals surface area contributed by atoms with Crippen molar-refractivity contribution in [3.05, 3.63) is 11.1 Å². The highest BCUT2D eigenvalue weighted by Crippen LogP contribution is 1.98. The fourth-order valence-corrected chi connectivity index (χ4v) is 1.02. The van der Waals surface area contributed by atoms with Gasteiger partial charge in [-0.1, -0.05) is 4.49 Å². The van der Waals surface area contributed by atoms with Crippen LogP contribution in [-0.2, 0) is 4.74 Å². The van der Waals surface area contributed by atoms with Crippen molar-refractivity contribution in [3.63, 3.8) is 0 Å². The zero-order valence-corrected chi connectivity index (χ0v) is 6.93. The third-order valence-electron chi connectivity index (χ3n) is 1.08. The van der Waals surface area contributed by atoms with Gasteiger partial charge in [0, 0.05) is 12.0 Å². The minimum atomic E-state index is -0.111. The topological polar surface area (TPSA) is 52.1 Å². The molecule has 1 aromatic rings. The van der Waals surface area contributed by atoms with E-state index in [0.29, 0.717) is 12.3 Å². The Kier molecular flexibility index (Phi) is 3.13. The van der Waals surface area contributed by atoms with Gasteiger partial charge >= 0.3 is 0 Å². The third kappa shape index (κ3) is 2.36. The van der Waals surface area contributed by atoms with Crippen molar-refractivity contribution in [3.8, 4) is 0 Å². The minimum absolute atomic E-state index is 0.0991. The van der Waals surface area contributed by atoms with Crippen LogP contribution in [0.3, 0.4) is 0 Å². The quantitative estimate of drug-likeness (QED) is 0.629. The molecule has 0 spiro atoms. The van der Waals surface area contributed by atoms with Gasteiger partial charge in [-0.15, -0.1) is 5.10 Å². The van der Waals surface area contributed by atoms with Crippen LogP contribution in [0.4, 0.5) is 0 Å². The molecular formula is C6H8N2O2S. The Labute approximate surface area is 68.4 Å². The first-order valence-electron chi connectivity index (χ1n) is 3.22. The lowest BCUT2D eigenvalue weighted by Crippen LogP contribution is -2.09. The molecule has 0 atom stereocenters. The molecular weight excluding hydrogens is 164 g/mol. The Hall–Kier alpha value is -0.810. The number of ether oxygens (including phenoxy) is 1. The first kappa shape index (κ1) is 8.29. The highest BCUT2D eigenvalue weighted by Gasteiger charge is 2.07. The second-order valence-corrected chi connectivity index (χ2v) is 2.46. The van der Waals surface area contributed by atoms with Crippen LogP contribution in [0.2, 0.25) is 0 Å². The third-order valence-corrected chi connectivity index (χ3v) is 1.59. The summed E-state index contributed by atoms with van der Waals surface area (Å²) in [5.74, 6) is -0.111. The van der Waals surface area contributed by atoms with E-state index in [2.05, 4.69) is 9.59 Å². The van der Waals surface area contributed by atoms with Crippen molar-refractivity contribution in [1.82, 2.24) is 9.59 Å². The summed E-state index contributed by atoms with van der Waals surface area (Å²) in [6.07, 6.45) is 0. The van der Waals surface area contributed by atoms with Crippen molar-refractivity contribution in [1.29, 1.82) is 0 Å². The average Bonchev–Trinajstić information content (AvgIpc) is 2.52. The van der Waals surface area contributed by atoms with Crippen LogP contribution in [0.5, 0.6) is 0 Å². The molecule has 0 amide bonds. The van der Waals surface area contributed by atoms with Crippen LogP contribution in [0, 0.1) is 0 Å². The Morgan fingerprint density at radius 3 is 3.18 bits per heavy atom. The number of carbonyl (C=O) groups excluding carboxylic acids is 1. The fourth-order valence-electron chi connectivity index (χ4n) is 0.555. The summed E-state index contributed by atoms with van der Waals surface area (Å²) in [5, 5.41) is 5.22. The SMILES string of the molecule is CCOCC(=O)c1csnn1. The fraction of sp³-hybridized carbons (Fsp3) is 0.500. The van der Waals surface area contributed by atoms with E-state index in [0.717, 1.165) is 11.5 Å². The Balaban J connectivity index is 2.43. The van der Waals surface area contributed by atoms with E-state index in [1.165, 1.54) is 0 Å². The number of rotatable bonds is 4. The van der Waals surface area contributed by atoms with Crippen LogP contribution in [0.15, 0.2) is 5.38 Å². The summed E-state index contributed by atoms with van der Waals surface area (Å²) in [4.78, 5) is 11.0. The van der Waals surface area contributed by atoms with E-state index in [-0.39, 0.29) is 12.4 Å². The molecule has 60 valence electrons. The van der Waals surface area contributed by atoms with E-state index in [1.54, 1.807) is 5.38 Å². The van der Waals surface area contributed by atoms with E-state index in [4.69, 9.17) is 4.74 Å². The smallest absolute Gasteiger partial charge is 0.209 e. The molecule has 0 fully saturated rings. The zero-order chi connectivity index (χ0) is 8.10. The number of carbonyl (C=O) groups is 1. The maximum absolute atomic E-state index is 11.0. The largest absolute Gasteiger partial charge is 0.374 e. The van der Waals surface area contributed by atoms with Crippen LogP contribution < -0.4 is 0 Å². The molecule has 1 rings (SSSR count). The molecule has 1 heterocycles. The van der Waals surface area contributed by atoms with Gasteiger partial charge < -0.3 is 4.74 Å². The summed E-state index contributed by atoms with van der Waals surface area (Å²) in [7, 11) is 0. The molecule has 4 nitrogen and oxygen atoms in total. The molecule has 1 aromatic heterocycles. The standard InChI is InChI=1S/C6H8N2O2S/c1-2-10-3-6(9)5-4-11-8-7-5/h4H,2-3H2,1H3. The maximum Gasteiger partial charge on any atom is 0.209 e. The number of hydrogen-bond donors (Lipinski definition) is 0. The summed E-state index contributed by atoms with van der Waals surface area (Å²) in [6, 6.07) is 0. The van der Waals surface area contributed by atoms with Gasteiger partial charge in [0.2, 0.25) is 5.78 Å². The van der Waals surface area contributed by atoms with Crippen LogP contribution >= 0.6 is 11.5 Å². The van der Waals surface area contributed by atoms with E-state index in [9.17, 15) is 4.79 Å². The second-order valence-electron chi connectivity index (χ2n) is 1.85. The first-order chi connectivity index (χ1) is 5.34. The van der Waals surface area contributed by atoms with Gasteiger partial charge in [0.15, 0.2) is 0 Å². The number of Topliss-reactive ketones (excluding diaryl/α,β-unsaturated/α-hetero) is 1. The highest BCUT2D eigenvalue weighted by molar-refractivity contribution is 7.03. The molecule has 0 N–H and O–H groups in total. The maximum atomic E-state index is 11.0. The lowest BCUT2D eigenvalue weighted by Gasteiger charge is -1.94. The van der Waals surface area contributed by atoms with Crippen molar-refractivity contribution >= 4 is 17.3 Å². The van der Waals surface area contributed by atoms with Gasteiger partial charge in [0.1, 0.15) is 12.3 Å². The summed E-state index contributed by atoms with van der Waals surface area (Å²) >= 11 is 1.16. The summed E-state index contributed by atoms with van der Waals surface area (Å²) in [5.41, 5.74) is 0.392. The van der Waals surface area contributed by atoms with Gasteiger partial charge in [-0.2, -0.15) is 0 Å². The minimum Gasteiger partial charge on any atom is -0.374 e. The number of hydrogen-bond acceptors (Lipinski definition) is 5. The molecule has 0 radical (unpaired) electrons. The molecule has 0 unspecified atom stereocenters. The van der Waals surface area contributed by atoms with Gasteiger partial charge in [0.25, 0.3) is 0 Å². The van der Waals surface area contributed by atoms with E-state index >= 15 is 0 Å². The average molecular weight is 172 g/mol. The van der Waals surface area contributed by atoms with Crippen LogP contribution in [-0.4, -0.2) is 28.6 Å². The van der Waals surface area contributed by atoms with Crippen molar-refractivity contribution < 1.29 is 9.53 Å². The van der Waals surface area contributed by atoms with Crippen molar-refractivity contribution in [2.24, 2.45) is 0 Å². The highest BCUT2D eigenvalue weighted by atomic mass is 32.1. The predicted molar refractivity (Wildman–Crippen MR) is 40.7 cm³/mol. The Morgan fingerprint density at radius 2 is 2.64 bits per heavy atom. The Bertz CT molecular complexity index is 222. The molecule has 0 aliphatic carbocycles. The molecule has 0 aliphatic heterocycles. The van der Waals surface area contributed by atoms with Gasteiger partial charge in [-0.25, -0.2) is 0 Å². The number of nitrogens with zero attached hydrogens (tertiary/aromatic N) is 2. The molecule has 0 aromatic carbocycles. The zero-order valence-electron chi connectivity index (χ0n) is 6.11. The summed E-state index contributed by atoms with van der Waals surface area (Å²) in [6.45, 7) is 2.48. The number of aromatic nitrogens is 2. The molecule has 0 bridgehead atoms. The monoisotopic (exact) mass is 172 g/mol. The lowest BCUT2D eigenvalue weighted by atomic mass is 10.3. The molecule has 5 heteroatoms. The lowest BCUT2D eigenvalue weighted by molar-refractivity contribution is 0.0778. The van der Waals surface area contributed by atoms with Gasteiger partial charge in [-0.3, -0.25) is 4.79 Å². The number of ketones is 1. The Morgan fingerprint density at radius 1 is 1.82 bits per heavy atom. The van der Waals surface area contributed by atoms with Crippen molar-refractivity contribution in [2.45, 2.75) is 6.92 Å². The molecule has 0 saturated carbocycles. The van der Waals surface area contributed by atoms with E-state index < -0.39 is 0 Å². The van der Waals surface area contributed by atoms with Crippen LogP contribution in [0.25, 0.3) is 0 Å². The normalized spacial score (nSPS) is 9.91. The van der Waals surface area contributed by atoms with E-state index in [1.807, 2.05) is 6.92 Å². The predicted octanol–water partition coefficient (Wildman–Crippen LogP) is 0.757. The first-order valence-corrected chi connectivity index (χ1v) is 4.06.